The Labute approximate surface area is 162 Å². The molecule has 1 unspecified atom stereocenters. The Kier molecular flexibility index (Phi) is 6.44. The van der Waals surface area contributed by atoms with Crippen molar-refractivity contribution in [3.05, 3.63) is 23.3 Å². The zero-order valence-corrected chi connectivity index (χ0v) is 17.3. The topological polar surface area (TPSA) is 52.6 Å². The van der Waals surface area contributed by atoms with Gasteiger partial charge in [-0.25, -0.2) is 0 Å². The van der Waals surface area contributed by atoms with Crippen molar-refractivity contribution in [2.75, 3.05) is 68.1 Å². The predicted octanol–water partition coefficient (Wildman–Crippen LogP) is 0.883. The van der Waals surface area contributed by atoms with Crippen LogP contribution in [0.4, 0.5) is 0 Å². The molecule has 0 amide bonds. The summed E-state index contributed by atoms with van der Waals surface area (Å²) in [6.45, 7) is 6.01. The van der Waals surface area contributed by atoms with Crippen LogP contribution in [0.3, 0.4) is 0 Å². The van der Waals surface area contributed by atoms with E-state index in [1.165, 1.54) is 11.1 Å². The van der Waals surface area contributed by atoms with Gasteiger partial charge in [-0.1, -0.05) is 0 Å². The van der Waals surface area contributed by atoms with Gasteiger partial charge in [0, 0.05) is 52.4 Å². The molecule has 1 saturated heterocycles. The summed E-state index contributed by atoms with van der Waals surface area (Å²) in [7, 11) is 9.63. The molecule has 0 spiro atoms. The number of hydrogen-bond acceptors (Lipinski definition) is 5. The molecule has 27 heavy (non-hydrogen) atoms. The summed E-state index contributed by atoms with van der Waals surface area (Å²) >= 11 is 0. The first-order valence-corrected chi connectivity index (χ1v) is 9.63. The first-order chi connectivity index (χ1) is 13.0. The Morgan fingerprint density at radius 3 is 2.48 bits per heavy atom. The third kappa shape index (κ3) is 4.47. The molecule has 1 N–H and O–H groups in total. The molecule has 2 aliphatic rings. The van der Waals surface area contributed by atoms with E-state index in [1.807, 2.05) is 7.05 Å². The average molecular weight is 376 g/mol. The largest absolute Gasteiger partial charge is 0.493 e. The molecule has 1 aromatic carbocycles. The average Bonchev–Trinajstić information content (AvgIpc) is 2.69. The summed E-state index contributed by atoms with van der Waals surface area (Å²) in [4.78, 5) is 11.7. The van der Waals surface area contributed by atoms with Crippen molar-refractivity contribution in [1.29, 1.82) is 0 Å². The third-order valence-corrected chi connectivity index (χ3v) is 5.71. The summed E-state index contributed by atoms with van der Waals surface area (Å²) in [5.74, 6) is 2.56. The van der Waals surface area contributed by atoms with Crippen LogP contribution in [0.25, 0.3) is 0 Å². The molecule has 150 valence electrons. The number of methoxy groups -OCH3 is 2. The molecule has 0 aromatic heterocycles. The van der Waals surface area contributed by atoms with Gasteiger partial charge in [0.05, 0.1) is 14.2 Å². The van der Waals surface area contributed by atoms with Crippen molar-refractivity contribution in [3.8, 4) is 11.5 Å². The summed E-state index contributed by atoms with van der Waals surface area (Å²) in [5, 5.41) is 3.59. The second-order valence-electron chi connectivity index (χ2n) is 7.47. The van der Waals surface area contributed by atoms with Crippen LogP contribution in [0.1, 0.15) is 11.1 Å². The van der Waals surface area contributed by atoms with Crippen LogP contribution < -0.4 is 14.8 Å². The lowest BCUT2D eigenvalue weighted by Gasteiger charge is -2.39. The quantitative estimate of drug-likeness (QED) is 0.623. The Balaban J connectivity index is 1.65. The highest BCUT2D eigenvalue weighted by Gasteiger charge is 2.25. The Hall–Kier alpha value is -1.99. The van der Waals surface area contributed by atoms with Crippen LogP contribution >= 0.6 is 0 Å². The number of rotatable bonds is 4. The van der Waals surface area contributed by atoms with E-state index in [0.29, 0.717) is 6.04 Å². The summed E-state index contributed by atoms with van der Waals surface area (Å²) in [5.41, 5.74) is 2.60. The molecular weight excluding hydrogens is 342 g/mol. The Morgan fingerprint density at radius 2 is 1.81 bits per heavy atom. The fraction of sp³-hybridized carbons (Fsp3) is 0.650. The van der Waals surface area contributed by atoms with Crippen molar-refractivity contribution >= 4 is 5.96 Å². The standard InChI is InChI=1S/C20H33N5O2/c1-21-20(22-12-17-14-23(2)8-9-24(17)3)25-7-6-15-10-18(26-4)19(27-5)11-16(15)13-25/h10-11,17H,6-9,12-14H2,1-5H3,(H,21,22). The first kappa shape index (κ1) is 19.8. The van der Waals surface area contributed by atoms with E-state index < -0.39 is 0 Å². The predicted molar refractivity (Wildman–Crippen MR) is 109 cm³/mol. The van der Waals surface area contributed by atoms with Crippen LogP contribution in [0.2, 0.25) is 0 Å². The number of fused-ring (bicyclic) bond motifs is 1. The van der Waals surface area contributed by atoms with Crippen LogP contribution in [0.15, 0.2) is 17.1 Å². The number of benzene rings is 1. The molecular formula is C20H33N5O2. The van der Waals surface area contributed by atoms with E-state index in [2.05, 4.69) is 51.2 Å². The highest BCUT2D eigenvalue weighted by atomic mass is 16.5. The molecule has 7 nitrogen and oxygen atoms in total. The fourth-order valence-electron chi connectivity index (χ4n) is 3.93. The second kappa shape index (κ2) is 8.80. The van der Waals surface area contributed by atoms with Gasteiger partial charge in [0.25, 0.3) is 0 Å². The number of piperazine rings is 1. The number of guanidine groups is 1. The van der Waals surface area contributed by atoms with E-state index in [9.17, 15) is 0 Å². The zero-order valence-electron chi connectivity index (χ0n) is 17.3. The van der Waals surface area contributed by atoms with Gasteiger partial charge in [-0.3, -0.25) is 9.89 Å². The first-order valence-electron chi connectivity index (χ1n) is 9.63. The molecule has 1 atom stereocenters. The van der Waals surface area contributed by atoms with Crippen LogP contribution in [0, 0.1) is 0 Å². The van der Waals surface area contributed by atoms with Crippen molar-refractivity contribution in [3.63, 3.8) is 0 Å². The minimum Gasteiger partial charge on any atom is -0.493 e. The number of nitrogens with zero attached hydrogens (tertiary/aromatic N) is 4. The second-order valence-corrected chi connectivity index (χ2v) is 7.47. The molecule has 1 aromatic rings. The highest BCUT2D eigenvalue weighted by molar-refractivity contribution is 5.80. The van der Waals surface area contributed by atoms with Crippen molar-refractivity contribution in [2.45, 2.75) is 19.0 Å². The molecule has 2 aliphatic heterocycles. The van der Waals surface area contributed by atoms with E-state index in [0.717, 1.165) is 63.1 Å². The lowest BCUT2D eigenvalue weighted by Crippen LogP contribution is -2.56. The van der Waals surface area contributed by atoms with Gasteiger partial charge in [-0.05, 0) is 43.8 Å². The smallest absolute Gasteiger partial charge is 0.194 e. The maximum absolute atomic E-state index is 5.47. The molecule has 0 radical (unpaired) electrons. The van der Waals surface area contributed by atoms with E-state index in [-0.39, 0.29) is 0 Å². The van der Waals surface area contributed by atoms with Gasteiger partial charge in [0.1, 0.15) is 0 Å². The van der Waals surface area contributed by atoms with Gasteiger partial charge >= 0.3 is 0 Å². The number of hydrogen-bond donors (Lipinski definition) is 1. The maximum atomic E-state index is 5.47. The SMILES string of the molecule is CN=C(NCC1CN(C)CCN1C)N1CCc2cc(OC)c(OC)cc2C1. The lowest BCUT2D eigenvalue weighted by molar-refractivity contribution is 0.116. The molecule has 0 saturated carbocycles. The minimum atomic E-state index is 0.502. The molecule has 0 bridgehead atoms. The lowest BCUT2D eigenvalue weighted by atomic mass is 9.99. The summed E-state index contributed by atoms with van der Waals surface area (Å²) < 4.78 is 10.9. The van der Waals surface area contributed by atoms with Crippen LogP contribution in [-0.2, 0) is 13.0 Å². The molecule has 1 fully saturated rings. The number of nitrogens with one attached hydrogen (secondary N) is 1. The zero-order chi connectivity index (χ0) is 19.4. The van der Waals surface area contributed by atoms with Crippen molar-refractivity contribution < 1.29 is 9.47 Å². The molecule has 7 heteroatoms. The third-order valence-electron chi connectivity index (χ3n) is 5.71. The monoisotopic (exact) mass is 375 g/mol. The molecule has 3 rings (SSSR count). The van der Waals surface area contributed by atoms with Gasteiger partial charge < -0.3 is 24.6 Å². The van der Waals surface area contributed by atoms with Crippen LogP contribution in [-0.4, -0.2) is 94.8 Å². The van der Waals surface area contributed by atoms with Crippen molar-refractivity contribution in [1.82, 2.24) is 20.0 Å². The number of ether oxygens (including phenoxy) is 2. The highest BCUT2D eigenvalue weighted by Crippen LogP contribution is 2.33. The van der Waals surface area contributed by atoms with Gasteiger partial charge in [-0.2, -0.15) is 0 Å². The Bertz CT molecular complexity index is 679. The maximum Gasteiger partial charge on any atom is 0.194 e. The van der Waals surface area contributed by atoms with E-state index in [4.69, 9.17) is 9.47 Å². The van der Waals surface area contributed by atoms with Crippen molar-refractivity contribution in [2.24, 2.45) is 4.99 Å². The summed E-state index contributed by atoms with van der Waals surface area (Å²) in [6, 6.07) is 4.70. The fourth-order valence-corrected chi connectivity index (χ4v) is 3.93. The van der Waals surface area contributed by atoms with Gasteiger partial charge in [-0.15, -0.1) is 0 Å². The number of likely N-dealkylation sites (N-methyl/N-ethyl adjacent to an activating group) is 2. The van der Waals surface area contributed by atoms with Crippen LogP contribution in [0.5, 0.6) is 11.5 Å². The number of aliphatic imine (C=N–C) groups is 1. The summed E-state index contributed by atoms with van der Waals surface area (Å²) in [6.07, 6.45) is 0.975. The molecule has 2 heterocycles. The Morgan fingerprint density at radius 1 is 1.11 bits per heavy atom. The molecule has 0 aliphatic carbocycles. The van der Waals surface area contributed by atoms with Gasteiger partial charge in [0.15, 0.2) is 17.5 Å². The normalized spacial score (nSPS) is 21.7. The van der Waals surface area contributed by atoms with E-state index in [1.54, 1.807) is 14.2 Å². The van der Waals surface area contributed by atoms with Gasteiger partial charge in [0.2, 0.25) is 0 Å². The van der Waals surface area contributed by atoms with E-state index >= 15 is 0 Å². The minimum absolute atomic E-state index is 0.502.